The number of benzene rings is 1. The van der Waals surface area contributed by atoms with E-state index in [0.29, 0.717) is 27.7 Å². The Labute approximate surface area is 165 Å². The van der Waals surface area contributed by atoms with Crippen LogP contribution >= 0.6 is 24.0 Å². The van der Waals surface area contributed by atoms with Gasteiger partial charge in [-0.05, 0) is 42.5 Å². The van der Waals surface area contributed by atoms with Crippen LogP contribution in [0.15, 0.2) is 64.4 Å². The summed E-state index contributed by atoms with van der Waals surface area (Å²) >= 11 is 6.11. The Bertz CT molecular complexity index is 987. The number of carboxylic acids is 1. The lowest BCUT2D eigenvalue weighted by atomic mass is 10.1. The van der Waals surface area contributed by atoms with E-state index in [1.165, 1.54) is 36.8 Å². The first-order valence-corrected chi connectivity index (χ1v) is 7.79. The van der Waals surface area contributed by atoms with Gasteiger partial charge < -0.3 is 9.52 Å². The lowest BCUT2D eigenvalue weighted by molar-refractivity contribution is 0.0696. The Morgan fingerprint density at radius 3 is 2.56 bits per heavy atom. The summed E-state index contributed by atoms with van der Waals surface area (Å²) in [4.78, 5) is 26.8. The molecule has 0 aliphatic rings. The lowest BCUT2D eigenvalue weighted by Gasteiger charge is -2.02. The number of aromatic carboxylic acids is 1. The summed E-state index contributed by atoms with van der Waals surface area (Å²) in [6.07, 6.45) is 4.34. The second-order valence-corrected chi connectivity index (χ2v) is 5.54. The number of carbonyl (C=O) groups excluding carboxylic acids is 1. The second-order valence-electron chi connectivity index (χ2n) is 5.14. The highest BCUT2D eigenvalue weighted by Crippen LogP contribution is 2.30. The van der Waals surface area contributed by atoms with Gasteiger partial charge in [0.25, 0.3) is 5.91 Å². The molecule has 2 N–H and O–H groups in total. The first-order valence-electron chi connectivity index (χ1n) is 7.41. The molecule has 0 bridgehead atoms. The van der Waals surface area contributed by atoms with Gasteiger partial charge in [-0.2, -0.15) is 5.10 Å². The molecule has 0 radical (unpaired) electrons. The second kappa shape index (κ2) is 8.98. The number of furan rings is 1. The Balaban J connectivity index is 0.00000261. The zero-order valence-electron chi connectivity index (χ0n) is 13.6. The minimum absolute atomic E-state index is 0. The van der Waals surface area contributed by atoms with Gasteiger partial charge in [0.15, 0.2) is 0 Å². The van der Waals surface area contributed by atoms with E-state index in [2.05, 4.69) is 15.5 Å². The number of halogens is 2. The van der Waals surface area contributed by atoms with E-state index in [9.17, 15) is 9.59 Å². The average Bonchev–Trinajstić information content (AvgIpc) is 3.11. The van der Waals surface area contributed by atoms with E-state index in [1.807, 2.05) is 0 Å². The van der Waals surface area contributed by atoms with Crippen LogP contribution in [0.1, 0.15) is 26.5 Å². The molecule has 138 valence electrons. The van der Waals surface area contributed by atoms with E-state index in [0.717, 1.165) is 0 Å². The molecule has 0 aliphatic heterocycles. The fourth-order valence-corrected chi connectivity index (χ4v) is 2.35. The van der Waals surface area contributed by atoms with Crippen LogP contribution in [0.5, 0.6) is 0 Å². The van der Waals surface area contributed by atoms with Crippen LogP contribution in [-0.4, -0.2) is 28.2 Å². The monoisotopic (exact) mass is 405 g/mol. The van der Waals surface area contributed by atoms with E-state index in [1.54, 1.807) is 24.3 Å². The van der Waals surface area contributed by atoms with Gasteiger partial charge in [0.1, 0.15) is 11.5 Å². The van der Waals surface area contributed by atoms with Crippen LogP contribution in [0.3, 0.4) is 0 Å². The summed E-state index contributed by atoms with van der Waals surface area (Å²) in [5.74, 6) is -0.686. The summed E-state index contributed by atoms with van der Waals surface area (Å²) in [6.45, 7) is 0. The summed E-state index contributed by atoms with van der Waals surface area (Å²) in [7, 11) is 0. The molecule has 7 nitrogen and oxygen atoms in total. The fraction of sp³-hybridized carbons (Fsp3) is 0. The number of carbonyl (C=O) groups is 2. The summed E-state index contributed by atoms with van der Waals surface area (Å²) in [6, 6.07) is 10.7. The molecule has 27 heavy (non-hydrogen) atoms. The summed E-state index contributed by atoms with van der Waals surface area (Å²) < 4.78 is 5.58. The predicted octanol–water partition coefficient (Wildman–Crippen LogP) is 3.88. The maximum atomic E-state index is 11.9. The number of nitrogens with one attached hydrogen (secondary N) is 1. The number of hydrogen-bond acceptors (Lipinski definition) is 5. The van der Waals surface area contributed by atoms with Gasteiger partial charge in [0.05, 0.1) is 16.8 Å². The molecular weight excluding hydrogens is 393 g/mol. The minimum atomic E-state index is -1.06. The van der Waals surface area contributed by atoms with E-state index in [4.69, 9.17) is 21.1 Å². The largest absolute Gasteiger partial charge is 0.478 e. The highest BCUT2D eigenvalue weighted by atomic mass is 35.5. The van der Waals surface area contributed by atoms with Gasteiger partial charge in [0.2, 0.25) is 0 Å². The zero-order valence-corrected chi connectivity index (χ0v) is 15.2. The Morgan fingerprint density at radius 1 is 1.11 bits per heavy atom. The number of nitrogens with zero attached hydrogens (tertiary/aromatic N) is 2. The first-order chi connectivity index (χ1) is 12.5. The van der Waals surface area contributed by atoms with Crippen molar-refractivity contribution in [3.8, 4) is 11.3 Å². The quantitative estimate of drug-likeness (QED) is 0.494. The van der Waals surface area contributed by atoms with Crippen LogP contribution in [0.4, 0.5) is 0 Å². The van der Waals surface area contributed by atoms with Gasteiger partial charge >= 0.3 is 5.97 Å². The third kappa shape index (κ3) is 4.93. The van der Waals surface area contributed by atoms with Crippen molar-refractivity contribution < 1.29 is 19.1 Å². The molecule has 9 heteroatoms. The van der Waals surface area contributed by atoms with Crippen molar-refractivity contribution in [3.63, 3.8) is 0 Å². The van der Waals surface area contributed by atoms with Crippen LogP contribution < -0.4 is 5.43 Å². The van der Waals surface area contributed by atoms with E-state index < -0.39 is 5.97 Å². The molecule has 1 amide bonds. The van der Waals surface area contributed by atoms with Crippen molar-refractivity contribution in [2.75, 3.05) is 0 Å². The van der Waals surface area contributed by atoms with E-state index >= 15 is 0 Å². The summed E-state index contributed by atoms with van der Waals surface area (Å²) in [5.41, 5.74) is 3.35. The molecule has 3 aromatic rings. The molecule has 0 atom stereocenters. The number of carboxylic acid groups (broad SMARTS) is 1. The van der Waals surface area contributed by atoms with Gasteiger partial charge in [-0.25, -0.2) is 10.2 Å². The van der Waals surface area contributed by atoms with Crippen molar-refractivity contribution in [2.45, 2.75) is 0 Å². The maximum absolute atomic E-state index is 11.9. The van der Waals surface area contributed by atoms with Crippen LogP contribution in [0, 0.1) is 0 Å². The number of rotatable bonds is 5. The Kier molecular flexibility index (Phi) is 6.70. The number of hydrazone groups is 1. The maximum Gasteiger partial charge on any atom is 0.335 e. The van der Waals surface area contributed by atoms with Crippen LogP contribution in [-0.2, 0) is 0 Å². The molecule has 0 saturated carbocycles. The van der Waals surface area contributed by atoms with Gasteiger partial charge in [-0.3, -0.25) is 9.78 Å². The van der Waals surface area contributed by atoms with Gasteiger partial charge in [-0.15, -0.1) is 12.4 Å². The molecule has 0 spiro atoms. The van der Waals surface area contributed by atoms with Crippen molar-refractivity contribution in [1.29, 1.82) is 0 Å². The molecule has 0 fully saturated rings. The highest BCUT2D eigenvalue weighted by Gasteiger charge is 2.12. The number of aromatic nitrogens is 1. The first kappa shape index (κ1) is 20.2. The van der Waals surface area contributed by atoms with Crippen LogP contribution in [0.25, 0.3) is 11.3 Å². The Hall–Kier alpha value is -3.16. The van der Waals surface area contributed by atoms with Crippen molar-refractivity contribution in [3.05, 3.63) is 76.8 Å². The zero-order chi connectivity index (χ0) is 18.5. The van der Waals surface area contributed by atoms with Gasteiger partial charge in [0, 0.05) is 23.5 Å². The SMILES string of the molecule is Cl.O=C(O)c1ccc(Cl)c(-c2ccc(/C=N\NC(=O)c3ccncc3)o2)c1. The van der Waals surface area contributed by atoms with Crippen molar-refractivity contribution in [1.82, 2.24) is 10.4 Å². The highest BCUT2D eigenvalue weighted by molar-refractivity contribution is 6.33. The predicted molar refractivity (Wildman–Crippen MR) is 103 cm³/mol. The number of pyridine rings is 1. The topological polar surface area (TPSA) is 105 Å². The molecule has 0 saturated heterocycles. The van der Waals surface area contributed by atoms with Crippen molar-refractivity contribution in [2.24, 2.45) is 5.10 Å². The number of amides is 1. The molecule has 0 unspecified atom stereocenters. The Morgan fingerprint density at radius 2 is 1.85 bits per heavy atom. The van der Waals surface area contributed by atoms with Crippen LogP contribution in [0.2, 0.25) is 5.02 Å². The molecule has 2 heterocycles. The normalized spacial score (nSPS) is 10.4. The third-order valence-corrected chi connectivity index (χ3v) is 3.74. The van der Waals surface area contributed by atoms with Gasteiger partial charge in [-0.1, -0.05) is 11.6 Å². The minimum Gasteiger partial charge on any atom is -0.478 e. The summed E-state index contributed by atoms with van der Waals surface area (Å²) in [5, 5.41) is 13.3. The van der Waals surface area contributed by atoms with Crippen molar-refractivity contribution >= 4 is 42.1 Å². The standard InChI is InChI=1S/C18H12ClN3O4.ClH/c19-15-3-1-12(18(24)25)9-14(15)16-4-2-13(26-16)10-21-22-17(23)11-5-7-20-8-6-11;/h1-10H,(H,22,23)(H,24,25);1H/b21-10-;. The molecular formula is C18H13Cl2N3O4. The molecule has 0 aliphatic carbocycles. The smallest absolute Gasteiger partial charge is 0.335 e. The number of hydrogen-bond donors (Lipinski definition) is 2. The molecule has 2 aromatic heterocycles. The third-order valence-electron chi connectivity index (χ3n) is 3.41. The molecule has 1 aromatic carbocycles. The fourth-order valence-electron chi connectivity index (χ4n) is 2.14. The average molecular weight is 406 g/mol. The van der Waals surface area contributed by atoms with E-state index in [-0.39, 0.29) is 23.9 Å². The lowest BCUT2D eigenvalue weighted by Crippen LogP contribution is -2.17. The molecule has 3 rings (SSSR count).